The average molecular weight is 287 g/mol. The molecular formula is C19H26FN. The predicted molar refractivity (Wildman–Crippen MR) is 83.5 cm³/mol. The number of halogens is 1. The van der Waals surface area contributed by atoms with E-state index < -0.39 is 0 Å². The van der Waals surface area contributed by atoms with E-state index in [9.17, 15) is 4.39 Å². The highest BCUT2D eigenvalue weighted by molar-refractivity contribution is 5.27. The molecule has 21 heavy (non-hydrogen) atoms. The standard InChI is InChI=1S/C19H26FN/c1-11-3-4-14(10-17(11)20)19(21-2)18-15-6-12-5-13(8-15)9-16(18)7-12/h3-4,10,12-13,15-16,18-19,21H,5-9H2,1-2H3. The smallest absolute Gasteiger partial charge is 0.126 e. The predicted octanol–water partition coefficient (Wildman–Crippen LogP) is 4.47. The van der Waals surface area contributed by atoms with Crippen LogP contribution in [-0.4, -0.2) is 7.05 Å². The Kier molecular flexibility index (Phi) is 3.33. The molecule has 0 saturated heterocycles. The van der Waals surface area contributed by atoms with Crippen LogP contribution >= 0.6 is 0 Å². The maximum atomic E-state index is 14.0. The molecule has 1 unspecified atom stereocenters. The number of hydrogen-bond acceptors (Lipinski definition) is 1. The summed E-state index contributed by atoms with van der Waals surface area (Å²) in [5.41, 5.74) is 1.90. The van der Waals surface area contributed by atoms with Crippen molar-refractivity contribution in [2.45, 2.75) is 45.1 Å². The SMILES string of the molecule is CNC(c1ccc(C)c(F)c1)C1C2CC3CC(C2)CC1C3. The molecule has 2 heteroatoms. The van der Waals surface area contributed by atoms with E-state index in [4.69, 9.17) is 0 Å². The lowest BCUT2D eigenvalue weighted by Gasteiger charge is -2.56. The zero-order valence-electron chi connectivity index (χ0n) is 13.1. The molecule has 1 N–H and O–H groups in total. The molecule has 1 nitrogen and oxygen atoms in total. The zero-order valence-corrected chi connectivity index (χ0v) is 13.1. The summed E-state index contributed by atoms with van der Waals surface area (Å²) >= 11 is 0. The fourth-order valence-corrected chi connectivity index (χ4v) is 5.90. The van der Waals surface area contributed by atoms with Crippen LogP contribution in [0.2, 0.25) is 0 Å². The summed E-state index contributed by atoms with van der Waals surface area (Å²) in [6.07, 6.45) is 7.17. The molecule has 4 aliphatic carbocycles. The minimum atomic E-state index is -0.0587. The van der Waals surface area contributed by atoms with E-state index >= 15 is 0 Å². The summed E-state index contributed by atoms with van der Waals surface area (Å²) in [6.45, 7) is 1.84. The van der Waals surface area contributed by atoms with E-state index in [-0.39, 0.29) is 5.82 Å². The molecule has 1 aromatic rings. The summed E-state index contributed by atoms with van der Waals surface area (Å²) in [5.74, 6) is 4.37. The minimum Gasteiger partial charge on any atom is -0.313 e. The highest BCUT2D eigenvalue weighted by Gasteiger charge is 2.50. The van der Waals surface area contributed by atoms with Crippen molar-refractivity contribution >= 4 is 0 Å². The first-order chi connectivity index (χ1) is 10.2. The Morgan fingerprint density at radius 3 is 2.19 bits per heavy atom. The Morgan fingerprint density at radius 2 is 1.67 bits per heavy atom. The van der Waals surface area contributed by atoms with E-state index in [1.807, 2.05) is 20.0 Å². The molecule has 0 amide bonds. The second kappa shape index (κ2) is 5.08. The monoisotopic (exact) mass is 287 g/mol. The first kappa shape index (κ1) is 13.8. The first-order valence-electron chi connectivity index (χ1n) is 8.59. The molecule has 4 bridgehead atoms. The molecule has 1 aromatic carbocycles. The number of rotatable bonds is 3. The molecular weight excluding hydrogens is 261 g/mol. The van der Waals surface area contributed by atoms with Gasteiger partial charge in [-0.15, -0.1) is 0 Å². The summed E-state index contributed by atoms with van der Waals surface area (Å²) in [5, 5.41) is 3.53. The fourth-order valence-electron chi connectivity index (χ4n) is 5.90. The van der Waals surface area contributed by atoms with Crippen molar-refractivity contribution in [1.29, 1.82) is 0 Å². The Morgan fingerprint density at radius 1 is 1.05 bits per heavy atom. The third-order valence-corrected chi connectivity index (χ3v) is 6.55. The van der Waals surface area contributed by atoms with Gasteiger partial charge in [0.2, 0.25) is 0 Å². The molecule has 4 aliphatic rings. The Bertz CT molecular complexity index is 510. The lowest BCUT2D eigenvalue weighted by atomic mass is 9.50. The third kappa shape index (κ3) is 2.23. The summed E-state index contributed by atoms with van der Waals surface area (Å²) in [6, 6.07) is 6.16. The van der Waals surface area contributed by atoms with Crippen molar-refractivity contribution in [3.8, 4) is 0 Å². The second-order valence-electron chi connectivity index (χ2n) is 7.78. The van der Waals surface area contributed by atoms with Gasteiger partial charge in [0.1, 0.15) is 5.82 Å². The normalized spacial score (nSPS) is 38.7. The number of aryl methyl sites for hydroxylation is 1. The highest BCUT2D eigenvalue weighted by Crippen LogP contribution is 2.59. The molecule has 0 aromatic heterocycles. The van der Waals surface area contributed by atoms with Gasteiger partial charge in [0, 0.05) is 6.04 Å². The molecule has 1 atom stereocenters. The minimum absolute atomic E-state index is 0.0587. The van der Waals surface area contributed by atoms with E-state index in [1.54, 1.807) is 6.07 Å². The van der Waals surface area contributed by atoms with Crippen LogP contribution in [0.4, 0.5) is 4.39 Å². The molecule has 4 saturated carbocycles. The van der Waals surface area contributed by atoms with Gasteiger partial charge in [0.25, 0.3) is 0 Å². The maximum Gasteiger partial charge on any atom is 0.126 e. The largest absolute Gasteiger partial charge is 0.313 e. The topological polar surface area (TPSA) is 12.0 Å². The third-order valence-electron chi connectivity index (χ3n) is 6.55. The number of nitrogens with one attached hydrogen (secondary N) is 1. The fraction of sp³-hybridized carbons (Fsp3) is 0.684. The van der Waals surface area contributed by atoms with Crippen LogP contribution in [0, 0.1) is 42.3 Å². The van der Waals surface area contributed by atoms with E-state index in [1.165, 1.54) is 32.1 Å². The lowest BCUT2D eigenvalue weighted by molar-refractivity contribution is -0.0515. The van der Waals surface area contributed by atoms with Crippen LogP contribution in [0.15, 0.2) is 18.2 Å². The summed E-state index contributed by atoms with van der Waals surface area (Å²) < 4.78 is 14.0. The van der Waals surface area contributed by atoms with Crippen LogP contribution in [0.25, 0.3) is 0 Å². The zero-order chi connectivity index (χ0) is 14.6. The van der Waals surface area contributed by atoms with Crippen molar-refractivity contribution in [3.05, 3.63) is 35.1 Å². The van der Waals surface area contributed by atoms with E-state index in [0.717, 1.165) is 34.8 Å². The van der Waals surface area contributed by atoms with Gasteiger partial charge in [0.15, 0.2) is 0 Å². The lowest BCUT2D eigenvalue weighted by Crippen LogP contribution is -2.49. The summed E-state index contributed by atoms with van der Waals surface area (Å²) in [4.78, 5) is 0. The maximum absolute atomic E-state index is 14.0. The first-order valence-corrected chi connectivity index (χ1v) is 8.59. The van der Waals surface area contributed by atoms with Crippen LogP contribution in [-0.2, 0) is 0 Å². The Hall–Kier alpha value is -0.890. The van der Waals surface area contributed by atoms with Gasteiger partial charge < -0.3 is 5.32 Å². The Balaban J connectivity index is 1.65. The molecule has 0 spiro atoms. The van der Waals surface area contributed by atoms with Gasteiger partial charge >= 0.3 is 0 Å². The molecule has 0 aliphatic heterocycles. The van der Waals surface area contributed by atoms with Gasteiger partial charge in [-0.05, 0) is 92.9 Å². The number of hydrogen-bond donors (Lipinski definition) is 1. The summed E-state index contributed by atoms with van der Waals surface area (Å²) in [7, 11) is 2.05. The second-order valence-corrected chi connectivity index (χ2v) is 7.78. The van der Waals surface area contributed by atoms with Crippen LogP contribution in [0.5, 0.6) is 0 Å². The molecule has 0 radical (unpaired) electrons. The van der Waals surface area contributed by atoms with Gasteiger partial charge in [0.05, 0.1) is 0 Å². The van der Waals surface area contributed by atoms with Crippen LogP contribution in [0.3, 0.4) is 0 Å². The molecule has 4 fully saturated rings. The van der Waals surface area contributed by atoms with Crippen molar-refractivity contribution in [2.75, 3.05) is 7.05 Å². The van der Waals surface area contributed by atoms with Gasteiger partial charge in [-0.3, -0.25) is 0 Å². The van der Waals surface area contributed by atoms with Crippen molar-refractivity contribution in [1.82, 2.24) is 5.32 Å². The number of benzene rings is 1. The quantitative estimate of drug-likeness (QED) is 0.865. The van der Waals surface area contributed by atoms with Crippen LogP contribution in [0.1, 0.15) is 49.3 Å². The highest BCUT2D eigenvalue weighted by atomic mass is 19.1. The molecule has 114 valence electrons. The van der Waals surface area contributed by atoms with Crippen molar-refractivity contribution < 1.29 is 4.39 Å². The van der Waals surface area contributed by atoms with Crippen molar-refractivity contribution in [3.63, 3.8) is 0 Å². The van der Waals surface area contributed by atoms with Crippen molar-refractivity contribution in [2.24, 2.45) is 29.6 Å². The Labute approximate surface area is 127 Å². The van der Waals surface area contributed by atoms with Gasteiger partial charge in [-0.1, -0.05) is 12.1 Å². The van der Waals surface area contributed by atoms with E-state index in [0.29, 0.717) is 12.0 Å². The molecule has 5 rings (SSSR count). The average Bonchev–Trinajstić information content (AvgIpc) is 2.45. The van der Waals surface area contributed by atoms with Gasteiger partial charge in [-0.25, -0.2) is 4.39 Å². The van der Waals surface area contributed by atoms with E-state index in [2.05, 4.69) is 11.4 Å². The van der Waals surface area contributed by atoms with Crippen LogP contribution < -0.4 is 5.32 Å². The van der Waals surface area contributed by atoms with Gasteiger partial charge in [-0.2, -0.15) is 0 Å². The molecule has 0 heterocycles.